The Morgan fingerprint density at radius 2 is 0.631 bits per heavy atom. The molecule has 1 atom stereocenters. The maximum absolute atomic E-state index is 12.8. The number of rotatable bonds is 48. The van der Waals surface area contributed by atoms with Crippen LogP contribution in [-0.4, -0.2) is 37.2 Å². The second kappa shape index (κ2) is 53.2. The number of unbranched alkanes of at least 4 members (excludes halogenated alkanes) is 23. The molecule has 0 aromatic carbocycles. The fourth-order valence-electron chi connectivity index (χ4n) is 7.41. The molecule has 0 saturated heterocycles. The Kier molecular flexibility index (Phi) is 50.4. The van der Waals surface area contributed by atoms with Gasteiger partial charge in [-0.2, -0.15) is 0 Å². The van der Waals surface area contributed by atoms with Gasteiger partial charge in [0.05, 0.1) is 0 Å². The zero-order valence-corrected chi connectivity index (χ0v) is 42.5. The molecule has 0 saturated carbocycles. The molecular weight excluding hydrogens is 805 g/mol. The van der Waals surface area contributed by atoms with Crippen LogP contribution in [0.5, 0.6) is 0 Å². The Morgan fingerprint density at radius 1 is 0.323 bits per heavy atom. The lowest BCUT2D eigenvalue weighted by Crippen LogP contribution is -2.30. The highest BCUT2D eigenvalue weighted by molar-refractivity contribution is 5.71. The van der Waals surface area contributed by atoms with Gasteiger partial charge in [-0.1, -0.05) is 241 Å². The molecule has 0 heterocycles. The van der Waals surface area contributed by atoms with Crippen LogP contribution in [0.1, 0.15) is 252 Å². The average Bonchev–Trinajstić information content (AvgIpc) is 3.30. The van der Waals surface area contributed by atoms with Crippen LogP contribution in [0.15, 0.2) is 85.1 Å². The number of hydrogen-bond donors (Lipinski definition) is 0. The van der Waals surface area contributed by atoms with E-state index in [0.717, 1.165) is 89.9 Å². The summed E-state index contributed by atoms with van der Waals surface area (Å²) in [6.45, 7) is 6.35. The zero-order chi connectivity index (χ0) is 47.2. The maximum atomic E-state index is 12.8. The van der Waals surface area contributed by atoms with Gasteiger partial charge in [0, 0.05) is 19.3 Å². The normalized spacial score (nSPS) is 12.7. The summed E-state index contributed by atoms with van der Waals surface area (Å²) in [5.74, 6) is -0.991. The third-order valence-corrected chi connectivity index (χ3v) is 11.4. The molecule has 0 aliphatic rings. The molecule has 0 aliphatic heterocycles. The van der Waals surface area contributed by atoms with E-state index in [1.54, 1.807) is 0 Å². The van der Waals surface area contributed by atoms with Crippen LogP contribution in [0.25, 0.3) is 0 Å². The predicted octanol–water partition coefficient (Wildman–Crippen LogP) is 18.0. The van der Waals surface area contributed by atoms with E-state index in [9.17, 15) is 14.4 Å². The number of allylic oxidation sites excluding steroid dienone is 14. The fraction of sp³-hybridized carbons (Fsp3) is 0.712. The van der Waals surface area contributed by atoms with E-state index >= 15 is 0 Å². The molecule has 1 unspecified atom stereocenters. The summed E-state index contributed by atoms with van der Waals surface area (Å²) >= 11 is 0. The average molecular weight is 905 g/mol. The van der Waals surface area contributed by atoms with Crippen molar-refractivity contribution in [3.8, 4) is 0 Å². The molecular formula is C59H100O6. The summed E-state index contributed by atoms with van der Waals surface area (Å²) in [6.07, 6.45) is 68.7. The van der Waals surface area contributed by atoms with Gasteiger partial charge in [0.15, 0.2) is 6.10 Å². The van der Waals surface area contributed by atoms with Crippen molar-refractivity contribution < 1.29 is 28.6 Å². The molecule has 372 valence electrons. The molecule has 0 fully saturated rings. The van der Waals surface area contributed by atoms with Gasteiger partial charge in [0.1, 0.15) is 13.2 Å². The van der Waals surface area contributed by atoms with Crippen LogP contribution in [-0.2, 0) is 28.6 Å². The number of carbonyl (C=O) groups excluding carboxylic acids is 3. The van der Waals surface area contributed by atoms with E-state index in [2.05, 4.69) is 99.8 Å². The minimum Gasteiger partial charge on any atom is -0.462 e. The van der Waals surface area contributed by atoms with Crippen molar-refractivity contribution in [2.45, 2.75) is 258 Å². The van der Waals surface area contributed by atoms with Crippen LogP contribution in [0.4, 0.5) is 0 Å². The molecule has 6 nitrogen and oxygen atoms in total. The molecule has 0 aromatic heterocycles. The topological polar surface area (TPSA) is 78.9 Å². The van der Waals surface area contributed by atoms with Crippen molar-refractivity contribution in [3.63, 3.8) is 0 Å². The van der Waals surface area contributed by atoms with Gasteiger partial charge in [0.2, 0.25) is 0 Å². The van der Waals surface area contributed by atoms with Crippen molar-refractivity contribution in [2.24, 2.45) is 0 Å². The molecule has 6 heteroatoms. The molecule has 0 radical (unpaired) electrons. The van der Waals surface area contributed by atoms with Gasteiger partial charge < -0.3 is 14.2 Å². The lowest BCUT2D eigenvalue weighted by molar-refractivity contribution is -0.166. The smallest absolute Gasteiger partial charge is 0.306 e. The molecule has 0 aliphatic carbocycles. The summed E-state index contributed by atoms with van der Waals surface area (Å²) in [7, 11) is 0. The SMILES string of the molecule is CC/C=C\C/C=C\C/C=C\C/C=C\CCC(=O)OCC(COC(=O)CCCCCCCCC/C=C\C/C=C\C/C=C\CC)OC(=O)CCCCCCCCCCCCCCCCCCC. The second-order valence-corrected chi connectivity index (χ2v) is 17.7. The molecule has 0 rings (SSSR count). The second-order valence-electron chi connectivity index (χ2n) is 17.7. The largest absolute Gasteiger partial charge is 0.462 e. The minimum atomic E-state index is -0.808. The fourth-order valence-corrected chi connectivity index (χ4v) is 7.41. The number of carbonyl (C=O) groups is 3. The van der Waals surface area contributed by atoms with Gasteiger partial charge in [0.25, 0.3) is 0 Å². The Labute approximate surface area is 401 Å². The quantitative estimate of drug-likeness (QED) is 0.0262. The first-order valence-corrected chi connectivity index (χ1v) is 27.1. The Morgan fingerprint density at radius 3 is 1.03 bits per heavy atom. The first kappa shape index (κ1) is 61.6. The third kappa shape index (κ3) is 51.4. The molecule has 65 heavy (non-hydrogen) atoms. The van der Waals surface area contributed by atoms with Crippen molar-refractivity contribution in [2.75, 3.05) is 13.2 Å². The van der Waals surface area contributed by atoms with Crippen molar-refractivity contribution in [1.29, 1.82) is 0 Å². The van der Waals surface area contributed by atoms with E-state index in [0.29, 0.717) is 19.3 Å². The van der Waals surface area contributed by atoms with E-state index in [1.165, 1.54) is 116 Å². The zero-order valence-electron chi connectivity index (χ0n) is 42.5. The molecule has 0 aromatic rings. The van der Waals surface area contributed by atoms with Crippen LogP contribution in [0, 0.1) is 0 Å². The van der Waals surface area contributed by atoms with Crippen molar-refractivity contribution >= 4 is 17.9 Å². The van der Waals surface area contributed by atoms with Crippen LogP contribution < -0.4 is 0 Å². The summed E-state index contributed by atoms with van der Waals surface area (Å²) < 4.78 is 16.8. The summed E-state index contributed by atoms with van der Waals surface area (Å²) in [5.41, 5.74) is 0. The first-order valence-electron chi connectivity index (χ1n) is 27.1. The molecule has 0 amide bonds. The van der Waals surface area contributed by atoms with Gasteiger partial charge in [-0.15, -0.1) is 0 Å². The third-order valence-electron chi connectivity index (χ3n) is 11.4. The summed E-state index contributed by atoms with van der Waals surface area (Å²) in [4.78, 5) is 38.0. The number of hydrogen-bond acceptors (Lipinski definition) is 6. The highest BCUT2D eigenvalue weighted by atomic mass is 16.6. The van der Waals surface area contributed by atoms with Gasteiger partial charge in [-0.25, -0.2) is 0 Å². The van der Waals surface area contributed by atoms with E-state index in [1.807, 2.05) is 6.08 Å². The standard InChI is InChI=1S/C59H100O6/c1-4-7-10-13-16-19-22-25-27-29-31-34-37-40-43-46-49-52-58(61)64-55-56(54-63-57(60)51-48-45-42-39-36-33-24-21-18-15-12-9-6-3)65-59(62)53-50-47-44-41-38-35-32-30-28-26-23-20-17-14-11-8-5-2/h7,9-10,12,16,18-19,21,25,27,33,36,42,45,56H,4-6,8,11,13-15,17,20,22-24,26,28-32,34-35,37-41,43-44,46-55H2,1-3H3/b10-7-,12-9-,19-16-,21-18-,27-25-,36-33-,45-42-. The van der Waals surface area contributed by atoms with Gasteiger partial charge >= 0.3 is 17.9 Å². The Hall–Kier alpha value is -3.41. The molecule has 0 N–H and O–H groups in total. The van der Waals surface area contributed by atoms with E-state index in [-0.39, 0.29) is 37.5 Å². The van der Waals surface area contributed by atoms with Gasteiger partial charge in [-0.3, -0.25) is 14.4 Å². The van der Waals surface area contributed by atoms with E-state index in [4.69, 9.17) is 14.2 Å². The van der Waals surface area contributed by atoms with Gasteiger partial charge in [-0.05, 0) is 77.0 Å². The van der Waals surface area contributed by atoms with Crippen LogP contribution >= 0.6 is 0 Å². The lowest BCUT2D eigenvalue weighted by atomic mass is 10.0. The first-order chi connectivity index (χ1) is 32.0. The highest BCUT2D eigenvalue weighted by Crippen LogP contribution is 2.16. The Balaban J connectivity index is 4.44. The highest BCUT2D eigenvalue weighted by Gasteiger charge is 2.19. The molecule has 0 bridgehead atoms. The summed E-state index contributed by atoms with van der Waals surface area (Å²) in [5, 5.41) is 0. The minimum absolute atomic E-state index is 0.102. The molecule has 0 spiro atoms. The van der Waals surface area contributed by atoms with E-state index < -0.39 is 6.10 Å². The van der Waals surface area contributed by atoms with Crippen LogP contribution in [0.3, 0.4) is 0 Å². The summed E-state index contributed by atoms with van der Waals surface area (Å²) in [6, 6.07) is 0. The van der Waals surface area contributed by atoms with Crippen molar-refractivity contribution in [1.82, 2.24) is 0 Å². The Bertz CT molecular complexity index is 1270. The van der Waals surface area contributed by atoms with Crippen LogP contribution in [0.2, 0.25) is 0 Å². The predicted molar refractivity (Wildman–Crippen MR) is 279 cm³/mol. The number of ether oxygens (including phenoxy) is 3. The van der Waals surface area contributed by atoms with Crippen molar-refractivity contribution in [3.05, 3.63) is 85.1 Å². The monoisotopic (exact) mass is 905 g/mol. The lowest BCUT2D eigenvalue weighted by Gasteiger charge is -2.18. The number of esters is 3. The maximum Gasteiger partial charge on any atom is 0.306 e.